The van der Waals surface area contributed by atoms with E-state index in [9.17, 15) is 18.4 Å². The zero-order chi connectivity index (χ0) is 15.6. The Morgan fingerprint density at radius 3 is 2.33 bits per heavy atom. The lowest BCUT2D eigenvalue weighted by atomic mass is 9.97. The second-order valence-electron chi connectivity index (χ2n) is 4.15. The van der Waals surface area contributed by atoms with Crippen molar-refractivity contribution in [3.05, 3.63) is 59.2 Å². The largest absolute Gasteiger partial charge is 0.478 e. The Labute approximate surface area is 118 Å². The molecule has 0 aliphatic rings. The van der Waals surface area contributed by atoms with Gasteiger partial charge in [0.05, 0.1) is 12.7 Å². The van der Waals surface area contributed by atoms with Crippen molar-refractivity contribution in [1.29, 1.82) is 0 Å². The summed E-state index contributed by atoms with van der Waals surface area (Å²) in [5.41, 5.74) is -0.856. The molecule has 0 radical (unpaired) electrons. The van der Waals surface area contributed by atoms with Crippen molar-refractivity contribution in [2.75, 3.05) is 7.11 Å². The molecule has 0 spiro atoms. The Morgan fingerprint density at radius 2 is 1.76 bits per heavy atom. The minimum atomic E-state index is -1.50. The van der Waals surface area contributed by atoms with Gasteiger partial charge < -0.3 is 9.84 Å². The zero-order valence-electron chi connectivity index (χ0n) is 10.9. The third kappa shape index (κ3) is 2.74. The molecule has 0 aliphatic carbocycles. The minimum absolute atomic E-state index is 0.0213. The van der Waals surface area contributed by atoms with Crippen molar-refractivity contribution in [2.45, 2.75) is 0 Å². The van der Waals surface area contributed by atoms with Crippen LogP contribution in [-0.2, 0) is 4.74 Å². The summed E-state index contributed by atoms with van der Waals surface area (Å²) in [6.07, 6.45) is 0. The van der Waals surface area contributed by atoms with Crippen LogP contribution in [0.3, 0.4) is 0 Å². The normalized spacial score (nSPS) is 10.2. The van der Waals surface area contributed by atoms with Crippen LogP contribution in [-0.4, -0.2) is 24.2 Å². The number of benzene rings is 2. The highest BCUT2D eigenvalue weighted by Crippen LogP contribution is 2.29. The third-order valence-corrected chi connectivity index (χ3v) is 2.91. The first kappa shape index (κ1) is 14.6. The third-order valence-electron chi connectivity index (χ3n) is 2.91. The smallest absolute Gasteiger partial charge is 0.339 e. The van der Waals surface area contributed by atoms with E-state index in [0.29, 0.717) is 0 Å². The van der Waals surface area contributed by atoms with Gasteiger partial charge in [0.25, 0.3) is 0 Å². The Balaban J connectivity index is 2.61. The molecule has 6 heteroatoms. The molecule has 2 rings (SSSR count). The monoisotopic (exact) mass is 292 g/mol. The summed E-state index contributed by atoms with van der Waals surface area (Å²) in [6.45, 7) is 0. The standard InChI is InChI=1S/C15H10F2O4/c1-21-15(20)8-5-6-9(12(17)7-8)10-3-2-4-11(16)13(10)14(18)19/h2-7H,1H3,(H,18,19). The number of carboxylic acids is 1. The van der Waals surface area contributed by atoms with Gasteiger partial charge in [0.2, 0.25) is 0 Å². The first-order valence-electron chi connectivity index (χ1n) is 5.85. The quantitative estimate of drug-likeness (QED) is 0.883. The number of carbonyl (C=O) groups is 2. The first-order chi connectivity index (χ1) is 9.95. The second-order valence-corrected chi connectivity index (χ2v) is 4.15. The summed E-state index contributed by atoms with van der Waals surface area (Å²) < 4.78 is 32.1. The summed E-state index contributed by atoms with van der Waals surface area (Å²) in [7, 11) is 1.16. The maximum atomic E-state index is 14.1. The number of ether oxygens (including phenoxy) is 1. The van der Waals surface area contributed by atoms with Crippen molar-refractivity contribution in [3.63, 3.8) is 0 Å². The number of methoxy groups -OCH3 is 1. The van der Waals surface area contributed by atoms with Crippen LogP contribution >= 0.6 is 0 Å². The van der Waals surface area contributed by atoms with E-state index in [4.69, 9.17) is 5.11 Å². The summed E-state index contributed by atoms with van der Waals surface area (Å²) in [5, 5.41) is 9.04. The molecule has 0 saturated carbocycles. The van der Waals surface area contributed by atoms with Crippen molar-refractivity contribution in [3.8, 4) is 11.1 Å². The number of rotatable bonds is 3. The van der Waals surface area contributed by atoms with E-state index < -0.39 is 29.1 Å². The molecule has 0 amide bonds. The van der Waals surface area contributed by atoms with E-state index in [-0.39, 0.29) is 16.7 Å². The molecule has 108 valence electrons. The highest BCUT2D eigenvalue weighted by Gasteiger charge is 2.20. The molecule has 4 nitrogen and oxygen atoms in total. The fourth-order valence-corrected chi connectivity index (χ4v) is 1.94. The summed E-state index contributed by atoms with van der Waals surface area (Å²) in [6, 6.07) is 6.96. The van der Waals surface area contributed by atoms with Crippen molar-refractivity contribution < 1.29 is 28.2 Å². The summed E-state index contributed by atoms with van der Waals surface area (Å²) >= 11 is 0. The molecule has 0 aliphatic heterocycles. The average molecular weight is 292 g/mol. The summed E-state index contributed by atoms with van der Waals surface area (Å²) in [4.78, 5) is 22.4. The number of carboxylic acid groups (broad SMARTS) is 1. The number of esters is 1. The van der Waals surface area contributed by atoms with Gasteiger partial charge in [-0.1, -0.05) is 18.2 Å². The highest BCUT2D eigenvalue weighted by atomic mass is 19.1. The lowest BCUT2D eigenvalue weighted by Crippen LogP contribution is -2.05. The predicted octanol–water partition coefficient (Wildman–Crippen LogP) is 3.12. The number of hydrogen-bond acceptors (Lipinski definition) is 3. The van der Waals surface area contributed by atoms with E-state index in [0.717, 1.165) is 19.2 Å². The maximum Gasteiger partial charge on any atom is 0.339 e. The Hall–Kier alpha value is -2.76. The Bertz CT molecular complexity index is 726. The fourth-order valence-electron chi connectivity index (χ4n) is 1.94. The molecular weight excluding hydrogens is 282 g/mol. The number of halogens is 2. The van der Waals surface area contributed by atoms with E-state index in [1.165, 1.54) is 24.3 Å². The van der Waals surface area contributed by atoms with Crippen LogP contribution in [0.4, 0.5) is 8.78 Å². The molecule has 21 heavy (non-hydrogen) atoms. The van der Waals surface area contributed by atoms with E-state index >= 15 is 0 Å². The summed E-state index contributed by atoms with van der Waals surface area (Å²) in [5.74, 6) is -4.03. The van der Waals surface area contributed by atoms with Crippen LogP contribution in [0.1, 0.15) is 20.7 Å². The molecule has 0 atom stereocenters. The SMILES string of the molecule is COC(=O)c1ccc(-c2cccc(F)c2C(=O)O)c(F)c1. The van der Waals surface area contributed by atoms with E-state index in [1.807, 2.05) is 0 Å². The number of aromatic carboxylic acids is 1. The van der Waals surface area contributed by atoms with E-state index in [1.54, 1.807) is 0 Å². The lowest BCUT2D eigenvalue weighted by Gasteiger charge is -2.09. The molecule has 1 N–H and O–H groups in total. The van der Waals surface area contributed by atoms with Gasteiger partial charge in [0, 0.05) is 11.1 Å². The van der Waals surface area contributed by atoms with Crippen LogP contribution < -0.4 is 0 Å². The van der Waals surface area contributed by atoms with Gasteiger partial charge in [0.1, 0.15) is 17.2 Å². The number of hydrogen-bond donors (Lipinski definition) is 1. The minimum Gasteiger partial charge on any atom is -0.478 e. The number of carbonyl (C=O) groups excluding carboxylic acids is 1. The van der Waals surface area contributed by atoms with Gasteiger partial charge in [-0.2, -0.15) is 0 Å². The van der Waals surface area contributed by atoms with Gasteiger partial charge in [0.15, 0.2) is 0 Å². The van der Waals surface area contributed by atoms with Gasteiger partial charge >= 0.3 is 11.9 Å². The van der Waals surface area contributed by atoms with Crippen LogP contribution in [0.2, 0.25) is 0 Å². The molecule has 0 bridgehead atoms. The Kier molecular flexibility index (Phi) is 3.98. The first-order valence-corrected chi connectivity index (χ1v) is 5.85. The van der Waals surface area contributed by atoms with Gasteiger partial charge in [-0.25, -0.2) is 18.4 Å². The van der Waals surface area contributed by atoms with Gasteiger partial charge in [-0.05, 0) is 18.2 Å². The van der Waals surface area contributed by atoms with Crippen LogP contribution in [0, 0.1) is 11.6 Å². The van der Waals surface area contributed by atoms with Gasteiger partial charge in [-0.15, -0.1) is 0 Å². The molecule has 0 unspecified atom stereocenters. The van der Waals surface area contributed by atoms with Crippen molar-refractivity contribution >= 4 is 11.9 Å². The molecule has 0 fully saturated rings. The van der Waals surface area contributed by atoms with Crippen LogP contribution in [0.5, 0.6) is 0 Å². The van der Waals surface area contributed by atoms with Crippen molar-refractivity contribution in [2.24, 2.45) is 0 Å². The second kappa shape index (κ2) is 5.70. The topological polar surface area (TPSA) is 63.6 Å². The lowest BCUT2D eigenvalue weighted by molar-refractivity contribution is 0.0599. The molecule has 0 saturated heterocycles. The molecule has 0 heterocycles. The Morgan fingerprint density at radius 1 is 1.05 bits per heavy atom. The maximum absolute atomic E-state index is 14.1. The van der Waals surface area contributed by atoms with E-state index in [2.05, 4.69) is 4.74 Å². The highest BCUT2D eigenvalue weighted by molar-refractivity contribution is 5.97. The van der Waals surface area contributed by atoms with Crippen LogP contribution in [0.15, 0.2) is 36.4 Å². The van der Waals surface area contributed by atoms with Gasteiger partial charge in [-0.3, -0.25) is 0 Å². The molecule has 0 aromatic heterocycles. The molecule has 2 aromatic rings. The fraction of sp³-hybridized carbons (Fsp3) is 0.0667. The van der Waals surface area contributed by atoms with Crippen LogP contribution in [0.25, 0.3) is 11.1 Å². The predicted molar refractivity (Wildman–Crippen MR) is 70.1 cm³/mol. The zero-order valence-corrected chi connectivity index (χ0v) is 10.9. The van der Waals surface area contributed by atoms with Crippen molar-refractivity contribution in [1.82, 2.24) is 0 Å². The molecular formula is C15H10F2O4. The molecule has 2 aromatic carbocycles. The average Bonchev–Trinajstić information content (AvgIpc) is 2.45.